The van der Waals surface area contributed by atoms with Crippen LogP contribution < -0.4 is 10.9 Å². The number of carbonyl (C=O) groups is 1. The first kappa shape index (κ1) is 22.3. The van der Waals surface area contributed by atoms with E-state index in [-0.39, 0.29) is 24.1 Å². The maximum absolute atomic E-state index is 12.6. The summed E-state index contributed by atoms with van der Waals surface area (Å²) in [5.41, 5.74) is 2.63. The van der Waals surface area contributed by atoms with Gasteiger partial charge in [-0.05, 0) is 42.9 Å². The molecule has 2 aromatic carbocycles. The third kappa shape index (κ3) is 5.87. The van der Waals surface area contributed by atoms with E-state index < -0.39 is 0 Å². The number of hydrogen-bond acceptors (Lipinski definition) is 5. The number of likely N-dealkylation sites (tertiary alicyclic amines) is 1. The fraction of sp³-hybridized carbons (Fsp3) is 0.320. The number of nitrogens with one attached hydrogen (secondary N) is 1. The quantitative estimate of drug-likeness (QED) is 0.561. The highest BCUT2D eigenvalue weighted by Gasteiger charge is 2.21. The van der Waals surface area contributed by atoms with Crippen LogP contribution in [-0.2, 0) is 17.9 Å². The summed E-state index contributed by atoms with van der Waals surface area (Å²) in [6, 6.07) is 21.7. The van der Waals surface area contributed by atoms with Gasteiger partial charge in [-0.2, -0.15) is 5.10 Å². The SMILES string of the molecule is CSc1ccc(-c2ccc(=O)n(CC(=O)NC3CCN(Cc4ccccc4)CC3)n2)cc1. The van der Waals surface area contributed by atoms with Crippen molar-refractivity contribution < 1.29 is 4.79 Å². The maximum atomic E-state index is 12.6. The van der Waals surface area contributed by atoms with Crippen LogP contribution in [-0.4, -0.2) is 46.0 Å². The average Bonchev–Trinajstić information content (AvgIpc) is 2.82. The molecule has 0 aliphatic carbocycles. The molecule has 3 aromatic rings. The third-order valence-corrected chi connectivity index (χ3v) is 6.49. The molecule has 0 atom stereocenters. The van der Waals surface area contributed by atoms with Crippen molar-refractivity contribution in [3.8, 4) is 11.3 Å². The molecule has 0 bridgehead atoms. The number of rotatable bonds is 7. The second-order valence-electron chi connectivity index (χ2n) is 8.05. The standard InChI is InChI=1S/C25H28N4O2S/c1-32-22-9-7-20(8-10-22)23-11-12-25(31)29(27-23)18-24(30)26-21-13-15-28(16-14-21)17-19-5-3-2-4-6-19/h2-12,21H,13-18H2,1H3,(H,26,30). The number of piperidine rings is 1. The summed E-state index contributed by atoms with van der Waals surface area (Å²) in [6.07, 6.45) is 3.84. The lowest BCUT2D eigenvalue weighted by molar-refractivity contribution is -0.122. The molecule has 7 heteroatoms. The number of benzene rings is 2. The van der Waals surface area contributed by atoms with Gasteiger partial charge in [-0.3, -0.25) is 14.5 Å². The second kappa shape index (κ2) is 10.6. The van der Waals surface area contributed by atoms with E-state index in [1.165, 1.54) is 16.3 Å². The highest BCUT2D eigenvalue weighted by Crippen LogP contribution is 2.20. The zero-order valence-corrected chi connectivity index (χ0v) is 19.1. The van der Waals surface area contributed by atoms with E-state index in [1.54, 1.807) is 17.8 Å². The van der Waals surface area contributed by atoms with Crippen LogP contribution in [0.2, 0.25) is 0 Å². The maximum Gasteiger partial charge on any atom is 0.267 e. The van der Waals surface area contributed by atoms with Crippen molar-refractivity contribution >= 4 is 17.7 Å². The molecular weight excluding hydrogens is 420 g/mol. The minimum absolute atomic E-state index is 0.0696. The Morgan fingerprint density at radius 1 is 1.03 bits per heavy atom. The van der Waals surface area contributed by atoms with Crippen LogP contribution in [0, 0.1) is 0 Å². The van der Waals surface area contributed by atoms with Crippen molar-refractivity contribution in [2.75, 3.05) is 19.3 Å². The van der Waals surface area contributed by atoms with Gasteiger partial charge in [0, 0.05) is 42.2 Å². The lowest BCUT2D eigenvalue weighted by Crippen LogP contribution is -2.46. The van der Waals surface area contributed by atoms with Crippen LogP contribution in [0.25, 0.3) is 11.3 Å². The van der Waals surface area contributed by atoms with Gasteiger partial charge in [0.25, 0.3) is 5.56 Å². The first-order valence-corrected chi connectivity index (χ1v) is 12.1. The van der Waals surface area contributed by atoms with Crippen LogP contribution in [0.4, 0.5) is 0 Å². The summed E-state index contributed by atoms with van der Waals surface area (Å²) in [4.78, 5) is 28.4. The molecule has 32 heavy (non-hydrogen) atoms. The van der Waals surface area contributed by atoms with Gasteiger partial charge in [0.1, 0.15) is 6.54 Å². The Labute approximate surface area is 192 Å². The van der Waals surface area contributed by atoms with Gasteiger partial charge in [0.05, 0.1) is 5.69 Å². The Balaban J connectivity index is 1.31. The Hall–Kier alpha value is -2.90. The van der Waals surface area contributed by atoms with Crippen LogP contribution in [0.1, 0.15) is 18.4 Å². The smallest absolute Gasteiger partial charge is 0.267 e. The normalized spacial score (nSPS) is 14.9. The van der Waals surface area contributed by atoms with Crippen molar-refractivity contribution in [3.63, 3.8) is 0 Å². The summed E-state index contributed by atoms with van der Waals surface area (Å²) in [6.45, 7) is 2.75. The molecule has 1 aliphatic rings. The molecule has 166 valence electrons. The van der Waals surface area contributed by atoms with Crippen LogP contribution in [0.3, 0.4) is 0 Å². The number of carbonyl (C=O) groups excluding carboxylic acids is 1. The highest BCUT2D eigenvalue weighted by molar-refractivity contribution is 7.98. The Bertz CT molecular complexity index is 1090. The first-order valence-electron chi connectivity index (χ1n) is 10.9. The molecule has 2 heterocycles. The molecule has 1 saturated heterocycles. The molecule has 6 nitrogen and oxygen atoms in total. The van der Waals surface area contributed by atoms with Crippen molar-refractivity contribution in [2.45, 2.75) is 36.9 Å². The van der Waals surface area contributed by atoms with E-state index in [1.807, 2.05) is 36.6 Å². The van der Waals surface area contributed by atoms with Crippen LogP contribution >= 0.6 is 11.8 Å². The minimum atomic E-state index is -0.276. The predicted octanol–water partition coefficient (Wildman–Crippen LogP) is 3.41. The lowest BCUT2D eigenvalue weighted by atomic mass is 10.0. The summed E-state index contributed by atoms with van der Waals surface area (Å²) in [5.74, 6) is -0.170. The van der Waals surface area contributed by atoms with E-state index in [0.717, 1.165) is 42.9 Å². The zero-order chi connectivity index (χ0) is 22.3. The molecule has 4 rings (SSSR count). The van der Waals surface area contributed by atoms with E-state index in [2.05, 4.69) is 39.6 Å². The summed E-state index contributed by atoms with van der Waals surface area (Å²) < 4.78 is 1.25. The van der Waals surface area contributed by atoms with Crippen molar-refractivity contribution in [3.05, 3.63) is 82.6 Å². The average molecular weight is 449 g/mol. The summed E-state index contributed by atoms with van der Waals surface area (Å²) >= 11 is 1.67. The monoisotopic (exact) mass is 448 g/mol. The van der Waals surface area contributed by atoms with E-state index in [0.29, 0.717) is 5.69 Å². The van der Waals surface area contributed by atoms with Gasteiger partial charge in [-0.1, -0.05) is 42.5 Å². The highest BCUT2D eigenvalue weighted by atomic mass is 32.2. The Morgan fingerprint density at radius 3 is 2.44 bits per heavy atom. The number of nitrogens with zero attached hydrogens (tertiary/aromatic N) is 3. The molecule has 1 N–H and O–H groups in total. The molecule has 1 aliphatic heterocycles. The molecular formula is C25H28N4O2S. The third-order valence-electron chi connectivity index (χ3n) is 5.75. The van der Waals surface area contributed by atoms with Gasteiger partial charge in [-0.15, -0.1) is 11.8 Å². The number of amides is 1. The fourth-order valence-corrected chi connectivity index (χ4v) is 4.37. The Morgan fingerprint density at radius 2 is 1.75 bits per heavy atom. The molecule has 1 amide bonds. The van der Waals surface area contributed by atoms with Crippen molar-refractivity contribution in [1.29, 1.82) is 0 Å². The van der Waals surface area contributed by atoms with Gasteiger partial charge in [0.2, 0.25) is 5.91 Å². The van der Waals surface area contributed by atoms with Crippen molar-refractivity contribution in [1.82, 2.24) is 20.0 Å². The van der Waals surface area contributed by atoms with E-state index in [9.17, 15) is 9.59 Å². The molecule has 1 aromatic heterocycles. The van der Waals surface area contributed by atoms with E-state index in [4.69, 9.17) is 0 Å². The van der Waals surface area contributed by atoms with Gasteiger partial charge >= 0.3 is 0 Å². The molecule has 0 radical (unpaired) electrons. The lowest BCUT2D eigenvalue weighted by Gasteiger charge is -2.32. The topological polar surface area (TPSA) is 67.2 Å². The van der Waals surface area contributed by atoms with Crippen LogP contribution in [0.5, 0.6) is 0 Å². The molecule has 0 saturated carbocycles. The summed E-state index contributed by atoms with van der Waals surface area (Å²) in [5, 5.41) is 7.50. The van der Waals surface area contributed by atoms with Crippen LogP contribution in [0.15, 0.2) is 76.4 Å². The molecule has 1 fully saturated rings. The minimum Gasteiger partial charge on any atom is -0.352 e. The summed E-state index contributed by atoms with van der Waals surface area (Å²) in [7, 11) is 0. The Kier molecular flexibility index (Phi) is 7.39. The van der Waals surface area contributed by atoms with Gasteiger partial charge in [-0.25, -0.2) is 4.68 Å². The predicted molar refractivity (Wildman–Crippen MR) is 129 cm³/mol. The van der Waals surface area contributed by atoms with Gasteiger partial charge < -0.3 is 5.32 Å². The first-order chi connectivity index (χ1) is 15.6. The number of aromatic nitrogens is 2. The van der Waals surface area contributed by atoms with E-state index >= 15 is 0 Å². The molecule has 0 unspecified atom stereocenters. The second-order valence-corrected chi connectivity index (χ2v) is 8.93. The zero-order valence-electron chi connectivity index (χ0n) is 18.2. The van der Waals surface area contributed by atoms with Crippen molar-refractivity contribution in [2.24, 2.45) is 0 Å². The fourth-order valence-electron chi connectivity index (χ4n) is 3.96. The number of thioether (sulfide) groups is 1. The number of hydrogen-bond donors (Lipinski definition) is 1. The largest absolute Gasteiger partial charge is 0.352 e. The molecule has 0 spiro atoms. The van der Waals surface area contributed by atoms with Gasteiger partial charge in [0.15, 0.2) is 0 Å².